The van der Waals surface area contributed by atoms with E-state index in [1.165, 1.54) is 0 Å². The summed E-state index contributed by atoms with van der Waals surface area (Å²) in [5.74, 6) is -5.97. The third-order valence-electron chi connectivity index (χ3n) is 0.897. The molecule has 0 aromatic heterocycles. The number of carbonyl (C=O) groups excluding carboxylic acids is 1. The Bertz CT molecular complexity index is 263. The Morgan fingerprint density at radius 2 is 1.83 bits per heavy atom. The van der Waals surface area contributed by atoms with E-state index in [0.29, 0.717) is 6.92 Å². The molecule has 0 unspecified atom stereocenters. The van der Waals surface area contributed by atoms with E-state index in [4.69, 9.17) is 0 Å². The zero-order chi connectivity index (χ0) is 9.99. The number of sulfone groups is 1. The van der Waals surface area contributed by atoms with E-state index in [2.05, 4.69) is 0 Å². The van der Waals surface area contributed by atoms with Crippen molar-refractivity contribution in [3.8, 4) is 0 Å². The van der Waals surface area contributed by atoms with Crippen LogP contribution in [-0.2, 0) is 14.6 Å². The maximum atomic E-state index is 12.2. The second-order valence-corrected chi connectivity index (χ2v) is 4.87. The van der Waals surface area contributed by atoms with Gasteiger partial charge in [-0.05, 0) is 6.92 Å². The van der Waals surface area contributed by atoms with Crippen molar-refractivity contribution >= 4 is 15.6 Å². The van der Waals surface area contributed by atoms with Crippen LogP contribution < -0.4 is 0 Å². The Morgan fingerprint density at radius 1 is 1.42 bits per heavy atom. The van der Waals surface area contributed by atoms with E-state index in [0.717, 1.165) is 6.92 Å². The summed E-state index contributed by atoms with van der Waals surface area (Å²) in [6, 6.07) is 0. The van der Waals surface area contributed by atoms with Crippen LogP contribution in [0.5, 0.6) is 0 Å². The molecule has 0 rings (SSSR count). The minimum atomic E-state index is -3.94. The summed E-state index contributed by atoms with van der Waals surface area (Å²) in [5, 5.41) is 0. The summed E-state index contributed by atoms with van der Waals surface area (Å²) in [4.78, 5) is 10.3. The van der Waals surface area contributed by atoms with Crippen molar-refractivity contribution in [2.75, 3.05) is 11.5 Å². The van der Waals surface area contributed by atoms with Crippen LogP contribution in [0.25, 0.3) is 0 Å². The molecule has 6 heteroatoms. The van der Waals surface area contributed by atoms with Crippen molar-refractivity contribution in [1.82, 2.24) is 0 Å². The van der Waals surface area contributed by atoms with Gasteiger partial charge in [-0.2, -0.15) is 0 Å². The second kappa shape index (κ2) is 3.47. The normalized spacial score (nSPS) is 13.0. The number of alkyl halides is 2. The summed E-state index contributed by atoms with van der Waals surface area (Å²) < 4.78 is 45.9. The molecule has 0 heterocycles. The topological polar surface area (TPSA) is 51.2 Å². The first-order chi connectivity index (χ1) is 5.12. The number of hydrogen-bond acceptors (Lipinski definition) is 3. The number of ketones is 1. The van der Waals surface area contributed by atoms with Gasteiger partial charge in [-0.3, -0.25) is 4.79 Å². The molecule has 12 heavy (non-hydrogen) atoms. The average Bonchev–Trinajstić information content (AvgIpc) is 1.48. The molecule has 0 aromatic rings. The van der Waals surface area contributed by atoms with E-state index in [-0.39, 0.29) is 0 Å². The summed E-state index contributed by atoms with van der Waals surface area (Å²) in [6.07, 6.45) is 0. The van der Waals surface area contributed by atoms with Gasteiger partial charge < -0.3 is 0 Å². The first kappa shape index (κ1) is 11.5. The molecule has 0 radical (unpaired) electrons. The molecule has 0 aliphatic heterocycles. The van der Waals surface area contributed by atoms with Gasteiger partial charge in [0.05, 0.1) is 0 Å². The van der Waals surface area contributed by atoms with Crippen molar-refractivity contribution in [3.05, 3.63) is 0 Å². The van der Waals surface area contributed by atoms with Gasteiger partial charge in [0.25, 0.3) is 5.92 Å². The smallest absolute Gasteiger partial charge is 0.259 e. The fourth-order valence-electron chi connectivity index (χ4n) is 0.747. The van der Waals surface area contributed by atoms with E-state index in [1.807, 2.05) is 0 Å². The zero-order valence-corrected chi connectivity index (χ0v) is 7.62. The highest BCUT2D eigenvalue weighted by molar-refractivity contribution is 7.92. The van der Waals surface area contributed by atoms with Gasteiger partial charge in [-0.1, -0.05) is 0 Å². The average molecular weight is 200 g/mol. The van der Waals surface area contributed by atoms with Crippen LogP contribution >= 0.6 is 0 Å². The van der Waals surface area contributed by atoms with Crippen LogP contribution in [0.4, 0.5) is 8.78 Å². The summed E-state index contributed by atoms with van der Waals surface area (Å²) in [5.41, 5.74) is 0. The SMILES string of the molecule is CC(=O)CS(=O)(=O)CC(C)(F)F. The Balaban J connectivity index is 4.36. The molecule has 0 spiro atoms. The highest BCUT2D eigenvalue weighted by atomic mass is 32.2. The Labute approximate surface area is 69.7 Å². The minimum Gasteiger partial charge on any atom is -0.299 e. The lowest BCUT2D eigenvalue weighted by molar-refractivity contribution is -0.114. The molecule has 0 aromatic carbocycles. The van der Waals surface area contributed by atoms with Gasteiger partial charge in [0, 0.05) is 6.92 Å². The summed E-state index contributed by atoms with van der Waals surface area (Å²) >= 11 is 0. The van der Waals surface area contributed by atoms with Gasteiger partial charge in [0.2, 0.25) is 0 Å². The first-order valence-electron chi connectivity index (χ1n) is 3.20. The Hall–Kier alpha value is -0.520. The number of halogens is 2. The largest absolute Gasteiger partial charge is 0.299 e. The Morgan fingerprint density at radius 3 is 2.08 bits per heavy atom. The number of rotatable bonds is 4. The number of Topliss-reactive ketones (excluding diaryl/α,β-unsaturated/α-hetero) is 1. The lowest BCUT2D eigenvalue weighted by Crippen LogP contribution is -2.28. The summed E-state index contributed by atoms with van der Waals surface area (Å²) in [7, 11) is -3.94. The van der Waals surface area contributed by atoms with E-state index >= 15 is 0 Å². The molecular weight excluding hydrogens is 190 g/mol. The molecule has 0 saturated heterocycles. The van der Waals surface area contributed by atoms with Gasteiger partial charge in [-0.15, -0.1) is 0 Å². The maximum Gasteiger partial charge on any atom is 0.259 e. The maximum absolute atomic E-state index is 12.2. The minimum absolute atomic E-state index is 0.505. The molecule has 0 N–H and O–H groups in total. The molecule has 0 amide bonds. The third-order valence-corrected chi connectivity index (χ3v) is 2.69. The highest BCUT2D eigenvalue weighted by Crippen LogP contribution is 2.14. The number of hydrogen-bond donors (Lipinski definition) is 0. The predicted octanol–water partition coefficient (Wildman–Crippen LogP) is 0.645. The molecule has 0 aliphatic rings. The molecule has 0 fully saturated rings. The molecule has 0 bridgehead atoms. The van der Waals surface area contributed by atoms with E-state index < -0.39 is 33.0 Å². The van der Waals surface area contributed by atoms with Gasteiger partial charge >= 0.3 is 0 Å². The molecule has 0 aliphatic carbocycles. The molecule has 72 valence electrons. The third kappa shape index (κ3) is 6.21. The van der Waals surface area contributed by atoms with Gasteiger partial charge in [0.1, 0.15) is 17.3 Å². The van der Waals surface area contributed by atoms with Crippen molar-refractivity contribution in [2.45, 2.75) is 19.8 Å². The van der Waals surface area contributed by atoms with Crippen LogP contribution in [0.1, 0.15) is 13.8 Å². The van der Waals surface area contributed by atoms with Crippen molar-refractivity contribution in [3.63, 3.8) is 0 Å². The van der Waals surface area contributed by atoms with Crippen LogP contribution in [0.3, 0.4) is 0 Å². The van der Waals surface area contributed by atoms with E-state index in [9.17, 15) is 22.0 Å². The van der Waals surface area contributed by atoms with Crippen LogP contribution in [0.15, 0.2) is 0 Å². The summed E-state index contributed by atoms with van der Waals surface area (Å²) in [6.45, 7) is 1.55. The zero-order valence-electron chi connectivity index (χ0n) is 6.80. The van der Waals surface area contributed by atoms with Gasteiger partial charge in [-0.25, -0.2) is 17.2 Å². The molecule has 0 atom stereocenters. The monoisotopic (exact) mass is 200 g/mol. The van der Waals surface area contributed by atoms with Crippen molar-refractivity contribution in [2.24, 2.45) is 0 Å². The van der Waals surface area contributed by atoms with Crippen LogP contribution in [0, 0.1) is 0 Å². The predicted molar refractivity (Wildman–Crippen MR) is 40.0 cm³/mol. The van der Waals surface area contributed by atoms with Gasteiger partial charge in [0.15, 0.2) is 9.84 Å². The molecule has 3 nitrogen and oxygen atoms in total. The fraction of sp³-hybridized carbons (Fsp3) is 0.833. The van der Waals surface area contributed by atoms with Crippen molar-refractivity contribution in [1.29, 1.82) is 0 Å². The Kier molecular flexibility index (Phi) is 3.32. The van der Waals surface area contributed by atoms with Crippen LogP contribution in [-0.4, -0.2) is 31.6 Å². The van der Waals surface area contributed by atoms with Crippen molar-refractivity contribution < 1.29 is 22.0 Å². The first-order valence-corrected chi connectivity index (χ1v) is 5.02. The fourth-order valence-corrected chi connectivity index (χ4v) is 2.24. The highest BCUT2D eigenvalue weighted by Gasteiger charge is 2.30. The lowest BCUT2D eigenvalue weighted by Gasteiger charge is -2.08. The molecule has 0 saturated carbocycles. The second-order valence-electron chi connectivity index (χ2n) is 2.80. The molecular formula is C6H10F2O3S. The quantitative estimate of drug-likeness (QED) is 0.669. The van der Waals surface area contributed by atoms with E-state index in [1.54, 1.807) is 0 Å². The van der Waals surface area contributed by atoms with Crippen LogP contribution in [0.2, 0.25) is 0 Å². The standard InChI is InChI=1S/C6H10F2O3S/c1-5(9)3-12(10,11)4-6(2,7)8/h3-4H2,1-2H3. The lowest BCUT2D eigenvalue weighted by atomic mass is 10.5. The number of carbonyl (C=O) groups is 1.